The molecule has 0 fully saturated rings. The van der Waals surface area contributed by atoms with Crippen molar-refractivity contribution in [3.8, 4) is 0 Å². The van der Waals surface area contributed by atoms with Crippen LogP contribution >= 0.6 is 11.6 Å². The molecule has 1 heterocycles. The number of nitrogens with two attached hydrogens (primary N) is 1. The van der Waals surface area contributed by atoms with Crippen LogP contribution in [0, 0.1) is 0 Å². The summed E-state index contributed by atoms with van der Waals surface area (Å²) in [6, 6.07) is 9.80. The van der Waals surface area contributed by atoms with Gasteiger partial charge in [-0.3, -0.25) is 4.98 Å². The van der Waals surface area contributed by atoms with Crippen molar-refractivity contribution in [1.82, 2.24) is 9.71 Å². The van der Waals surface area contributed by atoms with E-state index >= 15 is 0 Å². The fraction of sp³-hybridized carbons (Fsp3) is 0.154. The number of nitrogens with zero attached hydrogens (tertiary/aromatic N) is 1. The van der Waals surface area contributed by atoms with E-state index in [0.717, 1.165) is 5.69 Å². The van der Waals surface area contributed by atoms with E-state index in [1.54, 1.807) is 6.20 Å². The lowest BCUT2D eigenvalue weighted by Gasteiger charge is -2.08. The van der Waals surface area contributed by atoms with E-state index in [9.17, 15) is 8.42 Å². The van der Waals surface area contributed by atoms with E-state index in [-0.39, 0.29) is 16.5 Å². The van der Waals surface area contributed by atoms with Crippen LogP contribution in [0.15, 0.2) is 47.5 Å². The Hall–Kier alpha value is -1.63. The Balaban J connectivity index is 2.04. The maximum absolute atomic E-state index is 12.1. The fourth-order valence-corrected chi connectivity index (χ4v) is 3.26. The minimum atomic E-state index is -3.64. The van der Waals surface area contributed by atoms with Crippen molar-refractivity contribution in [3.05, 3.63) is 53.3 Å². The van der Waals surface area contributed by atoms with Gasteiger partial charge in [0.2, 0.25) is 10.0 Å². The number of hydrogen-bond donors (Lipinski definition) is 2. The molecule has 0 aliphatic carbocycles. The number of nitrogens with one attached hydrogen (secondary N) is 1. The van der Waals surface area contributed by atoms with Gasteiger partial charge in [0.1, 0.15) is 4.90 Å². The molecule has 7 heteroatoms. The molecule has 0 unspecified atom stereocenters. The Bertz CT molecular complexity index is 690. The highest BCUT2D eigenvalue weighted by atomic mass is 35.5. The topological polar surface area (TPSA) is 85.1 Å². The number of benzene rings is 1. The monoisotopic (exact) mass is 311 g/mol. The number of aromatic nitrogens is 1. The molecule has 0 bridgehead atoms. The quantitative estimate of drug-likeness (QED) is 0.825. The van der Waals surface area contributed by atoms with Crippen LogP contribution < -0.4 is 10.5 Å². The van der Waals surface area contributed by atoms with Gasteiger partial charge >= 0.3 is 0 Å². The first kappa shape index (κ1) is 14.8. The molecule has 20 heavy (non-hydrogen) atoms. The molecule has 106 valence electrons. The Morgan fingerprint density at radius 2 is 2.05 bits per heavy atom. The summed E-state index contributed by atoms with van der Waals surface area (Å²) in [4.78, 5) is 4.15. The molecule has 0 atom stereocenters. The Labute approximate surface area is 122 Å². The summed E-state index contributed by atoms with van der Waals surface area (Å²) in [6.45, 7) is 0.250. The van der Waals surface area contributed by atoms with Gasteiger partial charge in [0.05, 0.1) is 5.02 Å². The number of anilines is 1. The highest BCUT2D eigenvalue weighted by molar-refractivity contribution is 7.89. The second kappa shape index (κ2) is 6.21. The van der Waals surface area contributed by atoms with E-state index in [2.05, 4.69) is 9.71 Å². The zero-order chi connectivity index (χ0) is 14.6. The molecule has 2 aromatic rings. The first-order chi connectivity index (χ1) is 9.49. The lowest BCUT2D eigenvalue weighted by molar-refractivity contribution is 0.581. The largest absolute Gasteiger partial charge is 0.399 e. The highest BCUT2D eigenvalue weighted by Gasteiger charge is 2.17. The van der Waals surface area contributed by atoms with Gasteiger partial charge in [-0.25, -0.2) is 13.1 Å². The third kappa shape index (κ3) is 3.69. The van der Waals surface area contributed by atoms with Gasteiger partial charge in [-0.2, -0.15) is 0 Å². The van der Waals surface area contributed by atoms with Crippen molar-refractivity contribution in [1.29, 1.82) is 0 Å². The molecule has 0 aliphatic heterocycles. The second-order valence-electron chi connectivity index (χ2n) is 4.16. The van der Waals surface area contributed by atoms with E-state index in [0.29, 0.717) is 12.1 Å². The average Bonchev–Trinajstić information content (AvgIpc) is 2.39. The van der Waals surface area contributed by atoms with Gasteiger partial charge in [-0.1, -0.05) is 17.7 Å². The molecule has 0 radical (unpaired) electrons. The van der Waals surface area contributed by atoms with E-state index in [4.69, 9.17) is 17.3 Å². The van der Waals surface area contributed by atoms with Crippen molar-refractivity contribution in [2.45, 2.75) is 11.3 Å². The summed E-state index contributed by atoms with van der Waals surface area (Å²) in [5.41, 5.74) is 6.78. The predicted molar refractivity (Wildman–Crippen MR) is 79.0 cm³/mol. The van der Waals surface area contributed by atoms with Crippen molar-refractivity contribution in [3.63, 3.8) is 0 Å². The summed E-state index contributed by atoms with van der Waals surface area (Å²) < 4.78 is 26.7. The SMILES string of the molecule is Nc1ccc(S(=O)(=O)NCCc2ccccn2)c(Cl)c1. The smallest absolute Gasteiger partial charge is 0.242 e. The van der Waals surface area contributed by atoms with Gasteiger partial charge in [0, 0.05) is 30.5 Å². The van der Waals surface area contributed by atoms with Gasteiger partial charge < -0.3 is 5.73 Å². The first-order valence-corrected chi connectivity index (χ1v) is 7.80. The van der Waals surface area contributed by atoms with Crippen LogP contribution in [-0.2, 0) is 16.4 Å². The Morgan fingerprint density at radius 1 is 1.25 bits per heavy atom. The molecule has 3 N–H and O–H groups in total. The Kier molecular flexibility index (Phi) is 4.59. The third-order valence-corrected chi connectivity index (χ3v) is 4.59. The molecule has 0 aliphatic rings. The number of halogens is 1. The standard InChI is InChI=1S/C13H14ClN3O2S/c14-12-9-10(15)4-5-13(12)20(18,19)17-8-6-11-3-1-2-7-16-11/h1-5,7,9,17H,6,8,15H2. The predicted octanol–water partition coefficient (Wildman–Crippen LogP) is 1.84. The van der Waals surface area contributed by atoms with Crippen molar-refractivity contribution < 1.29 is 8.42 Å². The molecular weight excluding hydrogens is 298 g/mol. The molecule has 0 amide bonds. The average molecular weight is 312 g/mol. The Morgan fingerprint density at radius 3 is 2.70 bits per heavy atom. The summed E-state index contributed by atoms with van der Waals surface area (Å²) >= 11 is 5.90. The molecular formula is C13H14ClN3O2S. The fourth-order valence-electron chi connectivity index (χ4n) is 1.67. The molecule has 2 rings (SSSR count). The van der Waals surface area contributed by atoms with Gasteiger partial charge in [0.15, 0.2) is 0 Å². The summed E-state index contributed by atoms with van der Waals surface area (Å²) in [7, 11) is -3.64. The van der Waals surface area contributed by atoms with Crippen LogP contribution in [0.5, 0.6) is 0 Å². The number of sulfonamides is 1. The molecule has 1 aromatic heterocycles. The van der Waals surface area contributed by atoms with Gasteiger partial charge in [-0.15, -0.1) is 0 Å². The summed E-state index contributed by atoms with van der Waals surface area (Å²) in [5.74, 6) is 0. The van der Waals surface area contributed by atoms with Crippen LogP contribution in [0.4, 0.5) is 5.69 Å². The molecule has 0 spiro atoms. The molecule has 5 nitrogen and oxygen atoms in total. The second-order valence-corrected chi connectivity index (χ2v) is 6.30. The van der Waals surface area contributed by atoms with Crippen molar-refractivity contribution >= 4 is 27.3 Å². The molecule has 0 saturated carbocycles. The zero-order valence-corrected chi connectivity index (χ0v) is 12.2. The van der Waals surface area contributed by atoms with Crippen LogP contribution in [0.25, 0.3) is 0 Å². The maximum atomic E-state index is 12.1. The van der Waals surface area contributed by atoms with Gasteiger partial charge in [-0.05, 0) is 30.3 Å². The van der Waals surface area contributed by atoms with E-state index in [1.165, 1.54) is 18.2 Å². The maximum Gasteiger partial charge on any atom is 0.242 e. The number of rotatable bonds is 5. The summed E-state index contributed by atoms with van der Waals surface area (Å²) in [6.07, 6.45) is 2.17. The number of nitrogen functional groups attached to an aromatic ring is 1. The first-order valence-electron chi connectivity index (χ1n) is 5.93. The van der Waals surface area contributed by atoms with Crippen LogP contribution in [0.1, 0.15) is 5.69 Å². The third-order valence-electron chi connectivity index (χ3n) is 2.64. The molecule has 0 saturated heterocycles. The number of pyridine rings is 1. The lowest BCUT2D eigenvalue weighted by atomic mass is 10.3. The number of hydrogen-bond acceptors (Lipinski definition) is 4. The minimum Gasteiger partial charge on any atom is -0.399 e. The highest BCUT2D eigenvalue weighted by Crippen LogP contribution is 2.23. The van der Waals surface area contributed by atoms with Crippen LogP contribution in [0.2, 0.25) is 5.02 Å². The normalized spacial score (nSPS) is 11.4. The van der Waals surface area contributed by atoms with Gasteiger partial charge in [0.25, 0.3) is 0 Å². The van der Waals surface area contributed by atoms with Crippen LogP contribution in [0.3, 0.4) is 0 Å². The van der Waals surface area contributed by atoms with Crippen molar-refractivity contribution in [2.24, 2.45) is 0 Å². The lowest BCUT2D eigenvalue weighted by Crippen LogP contribution is -2.26. The molecule has 1 aromatic carbocycles. The van der Waals surface area contributed by atoms with Crippen molar-refractivity contribution in [2.75, 3.05) is 12.3 Å². The van der Waals surface area contributed by atoms with Crippen LogP contribution in [-0.4, -0.2) is 19.9 Å². The van der Waals surface area contributed by atoms with E-state index in [1.807, 2.05) is 18.2 Å². The zero-order valence-electron chi connectivity index (χ0n) is 10.6. The van der Waals surface area contributed by atoms with E-state index < -0.39 is 10.0 Å². The summed E-state index contributed by atoms with van der Waals surface area (Å²) in [5, 5.41) is 0.107. The minimum absolute atomic E-state index is 0.0226.